The summed E-state index contributed by atoms with van der Waals surface area (Å²) in [5, 5.41) is 2.47. The molecule has 2 heterocycles. The molecule has 0 radical (unpaired) electrons. The van der Waals surface area contributed by atoms with E-state index in [0.29, 0.717) is 31.3 Å². The van der Waals surface area contributed by atoms with Crippen molar-refractivity contribution in [3.63, 3.8) is 0 Å². The standard InChI is InChI=1S/C21H20ClF3N2O3/c22-15-10-17-18(30-9-8-29-17)11-16(15)26-19(28)20(21(23,24)25)6-7-27(13-20)12-14-4-2-1-3-5-14/h1-5,10-11H,6-9,12-13H2,(H,26,28). The highest BCUT2D eigenvalue weighted by atomic mass is 35.5. The van der Waals surface area contributed by atoms with Gasteiger partial charge in [-0.05, 0) is 18.5 Å². The molecule has 2 aromatic rings. The number of amides is 1. The maximum Gasteiger partial charge on any atom is 0.404 e. The largest absolute Gasteiger partial charge is 0.486 e. The van der Waals surface area contributed by atoms with Crippen molar-refractivity contribution >= 4 is 23.2 Å². The summed E-state index contributed by atoms with van der Waals surface area (Å²) in [7, 11) is 0. The van der Waals surface area contributed by atoms with Gasteiger partial charge in [-0.3, -0.25) is 9.69 Å². The fraction of sp³-hybridized carbons (Fsp3) is 0.381. The molecule has 1 atom stereocenters. The van der Waals surface area contributed by atoms with Gasteiger partial charge < -0.3 is 14.8 Å². The number of alkyl halides is 3. The smallest absolute Gasteiger partial charge is 0.404 e. The lowest BCUT2D eigenvalue weighted by Crippen LogP contribution is -2.50. The summed E-state index contributed by atoms with van der Waals surface area (Å²) in [5.41, 5.74) is -1.56. The first-order chi connectivity index (χ1) is 14.3. The van der Waals surface area contributed by atoms with Crippen LogP contribution in [0, 0.1) is 5.41 Å². The van der Waals surface area contributed by atoms with Gasteiger partial charge in [0.15, 0.2) is 16.9 Å². The number of nitrogens with zero attached hydrogens (tertiary/aromatic N) is 1. The molecular formula is C21H20ClF3N2O3. The minimum atomic E-state index is -4.71. The van der Waals surface area contributed by atoms with Gasteiger partial charge in [0.05, 0.1) is 10.7 Å². The van der Waals surface area contributed by atoms with Crippen LogP contribution in [0.5, 0.6) is 11.5 Å². The van der Waals surface area contributed by atoms with Gasteiger partial charge in [0, 0.05) is 25.2 Å². The van der Waals surface area contributed by atoms with Crippen molar-refractivity contribution in [1.82, 2.24) is 4.90 Å². The third-order valence-corrected chi connectivity index (χ3v) is 5.77. The summed E-state index contributed by atoms with van der Waals surface area (Å²) in [6.07, 6.45) is -5.03. The summed E-state index contributed by atoms with van der Waals surface area (Å²) in [6, 6.07) is 12.0. The molecule has 0 spiro atoms. The lowest BCUT2D eigenvalue weighted by atomic mass is 9.85. The van der Waals surface area contributed by atoms with E-state index in [-0.39, 0.29) is 23.7 Å². The van der Waals surface area contributed by atoms with E-state index in [2.05, 4.69) is 5.32 Å². The molecule has 1 saturated heterocycles. The van der Waals surface area contributed by atoms with Crippen LogP contribution < -0.4 is 14.8 Å². The average Bonchev–Trinajstić information content (AvgIpc) is 3.14. The van der Waals surface area contributed by atoms with E-state index in [1.807, 2.05) is 30.3 Å². The van der Waals surface area contributed by atoms with Gasteiger partial charge >= 0.3 is 6.18 Å². The number of nitrogens with one attached hydrogen (secondary N) is 1. The van der Waals surface area contributed by atoms with Crippen LogP contribution in [0.25, 0.3) is 0 Å². The van der Waals surface area contributed by atoms with E-state index in [9.17, 15) is 18.0 Å². The molecule has 4 rings (SSSR count). The molecule has 30 heavy (non-hydrogen) atoms. The number of halogens is 4. The van der Waals surface area contributed by atoms with Crippen molar-refractivity contribution in [3.05, 3.63) is 53.1 Å². The van der Waals surface area contributed by atoms with E-state index in [1.165, 1.54) is 12.1 Å². The van der Waals surface area contributed by atoms with Gasteiger partial charge in [0.1, 0.15) is 13.2 Å². The minimum Gasteiger partial charge on any atom is -0.486 e. The number of ether oxygens (including phenoxy) is 2. The highest BCUT2D eigenvalue weighted by Gasteiger charge is 2.63. The van der Waals surface area contributed by atoms with Gasteiger partial charge in [-0.15, -0.1) is 0 Å². The first kappa shape index (κ1) is 20.8. The van der Waals surface area contributed by atoms with E-state index < -0.39 is 24.0 Å². The zero-order valence-corrected chi connectivity index (χ0v) is 16.7. The quantitative estimate of drug-likeness (QED) is 0.760. The topological polar surface area (TPSA) is 50.8 Å². The number of hydrogen-bond acceptors (Lipinski definition) is 4. The summed E-state index contributed by atoms with van der Waals surface area (Å²) in [4.78, 5) is 14.6. The second kappa shape index (κ2) is 8.00. The summed E-state index contributed by atoms with van der Waals surface area (Å²) in [5.74, 6) is -0.395. The Balaban J connectivity index is 1.55. The van der Waals surface area contributed by atoms with Crippen molar-refractivity contribution in [2.24, 2.45) is 5.41 Å². The molecule has 160 valence electrons. The van der Waals surface area contributed by atoms with Gasteiger partial charge in [-0.1, -0.05) is 41.9 Å². The molecule has 5 nitrogen and oxygen atoms in total. The normalized spacial score (nSPS) is 21.5. The average molecular weight is 441 g/mol. The Labute approximate surface area is 176 Å². The number of carbonyl (C=O) groups is 1. The molecule has 0 bridgehead atoms. The van der Waals surface area contributed by atoms with Crippen LogP contribution in [0.3, 0.4) is 0 Å². The van der Waals surface area contributed by atoms with Gasteiger partial charge in [-0.25, -0.2) is 0 Å². The van der Waals surface area contributed by atoms with Crippen molar-refractivity contribution in [3.8, 4) is 11.5 Å². The summed E-state index contributed by atoms with van der Waals surface area (Å²) in [6.45, 7) is 0.749. The molecule has 1 unspecified atom stereocenters. The van der Waals surface area contributed by atoms with Gasteiger partial charge in [0.2, 0.25) is 5.91 Å². The predicted molar refractivity (Wildman–Crippen MR) is 106 cm³/mol. The Kier molecular flexibility index (Phi) is 5.55. The van der Waals surface area contributed by atoms with E-state index in [0.717, 1.165) is 5.56 Å². The first-order valence-electron chi connectivity index (χ1n) is 9.52. The highest BCUT2D eigenvalue weighted by molar-refractivity contribution is 6.34. The van der Waals surface area contributed by atoms with Gasteiger partial charge in [0.25, 0.3) is 0 Å². The fourth-order valence-electron chi connectivity index (χ4n) is 3.81. The van der Waals surface area contributed by atoms with E-state index >= 15 is 0 Å². The summed E-state index contributed by atoms with van der Waals surface area (Å²) < 4.78 is 53.1. The molecule has 1 N–H and O–H groups in total. The number of fused-ring (bicyclic) bond motifs is 1. The van der Waals surface area contributed by atoms with Crippen molar-refractivity contribution < 1.29 is 27.4 Å². The van der Waals surface area contributed by atoms with E-state index in [1.54, 1.807) is 4.90 Å². The Bertz CT molecular complexity index is 939. The van der Waals surface area contributed by atoms with Crippen molar-refractivity contribution in [2.75, 3.05) is 31.6 Å². The van der Waals surface area contributed by atoms with Crippen LogP contribution in [-0.2, 0) is 11.3 Å². The molecule has 0 saturated carbocycles. The second-order valence-corrected chi connectivity index (χ2v) is 7.86. The molecule has 1 fully saturated rings. The Morgan fingerprint density at radius 2 is 1.80 bits per heavy atom. The molecule has 1 amide bonds. The van der Waals surface area contributed by atoms with Crippen LogP contribution in [0.1, 0.15) is 12.0 Å². The lowest BCUT2D eigenvalue weighted by Gasteiger charge is -2.31. The molecule has 2 aliphatic heterocycles. The molecule has 0 aromatic heterocycles. The number of likely N-dealkylation sites (tertiary alicyclic amines) is 1. The maximum absolute atomic E-state index is 14.1. The number of hydrogen-bond donors (Lipinski definition) is 1. The van der Waals surface area contributed by atoms with Crippen LogP contribution in [0.2, 0.25) is 5.02 Å². The third kappa shape index (κ3) is 3.94. The Morgan fingerprint density at radius 3 is 2.47 bits per heavy atom. The van der Waals surface area contributed by atoms with Crippen LogP contribution in [0.4, 0.5) is 18.9 Å². The van der Waals surface area contributed by atoms with Crippen LogP contribution in [0.15, 0.2) is 42.5 Å². The number of rotatable bonds is 4. The van der Waals surface area contributed by atoms with Crippen LogP contribution >= 0.6 is 11.6 Å². The summed E-state index contributed by atoms with van der Waals surface area (Å²) >= 11 is 6.17. The maximum atomic E-state index is 14.1. The van der Waals surface area contributed by atoms with E-state index in [4.69, 9.17) is 21.1 Å². The minimum absolute atomic E-state index is 0.0658. The van der Waals surface area contributed by atoms with Gasteiger partial charge in [-0.2, -0.15) is 13.2 Å². The predicted octanol–water partition coefficient (Wildman–Crippen LogP) is 4.50. The van der Waals surface area contributed by atoms with Crippen LogP contribution in [-0.4, -0.2) is 43.3 Å². The third-order valence-electron chi connectivity index (χ3n) is 5.45. The molecule has 0 aliphatic carbocycles. The molecule has 9 heteroatoms. The molecule has 2 aromatic carbocycles. The second-order valence-electron chi connectivity index (χ2n) is 7.46. The lowest BCUT2D eigenvalue weighted by molar-refractivity contribution is -0.215. The Morgan fingerprint density at radius 1 is 1.13 bits per heavy atom. The first-order valence-corrected chi connectivity index (χ1v) is 9.90. The Hall–Kier alpha value is -2.45. The van der Waals surface area contributed by atoms with Crippen molar-refractivity contribution in [1.29, 1.82) is 0 Å². The monoisotopic (exact) mass is 440 g/mol. The SMILES string of the molecule is O=C(Nc1cc2c(cc1Cl)OCCO2)C1(C(F)(F)F)CCN(Cc2ccccc2)C1. The zero-order chi connectivity index (χ0) is 21.4. The molecule has 2 aliphatic rings. The zero-order valence-electron chi connectivity index (χ0n) is 16.0. The number of benzene rings is 2. The fourth-order valence-corrected chi connectivity index (χ4v) is 4.01. The highest BCUT2D eigenvalue weighted by Crippen LogP contribution is 2.47. The number of carbonyl (C=O) groups excluding carboxylic acids is 1. The number of anilines is 1. The molecular weight excluding hydrogens is 421 g/mol. The van der Waals surface area contributed by atoms with Crippen molar-refractivity contribution in [2.45, 2.75) is 19.1 Å².